The second-order valence-electron chi connectivity index (χ2n) is 8.02. The lowest BCUT2D eigenvalue weighted by atomic mass is 10.1. The Labute approximate surface area is 199 Å². The van der Waals surface area contributed by atoms with E-state index in [1.165, 1.54) is 35.0 Å². The van der Waals surface area contributed by atoms with Crippen LogP contribution in [0.15, 0.2) is 49.1 Å². The van der Waals surface area contributed by atoms with E-state index in [0.29, 0.717) is 29.1 Å². The molecule has 182 valence electrons. The Bertz CT molecular complexity index is 1340. The third kappa shape index (κ3) is 4.21. The number of amides is 1. The molecule has 1 amide bonds. The molecule has 0 saturated carbocycles. The van der Waals surface area contributed by atoms with Gasteiger partial charge in [-0.05, 0) is 5.56 Å². The number of hydrogen-bond acceptors (Lipinski definition) is 10. The molecule has 5 rings (SSSR count). The maximum atomic E-state index is 12.0. The summed E-state index contributed by atoms with van der Waals surface area (Å²) in [6, 6.07) is 9.71. The van der Waals surface area contributed by atoms with Crippen molar-refractivity contribution in [2.45, 2.75) is 31.1 Å². The van der Waals surface area contributed by atoms with Gasteiger partial charge in [-0.25, -0.2) is 9.67 Å². The lowest BCUT2D eigenvalue weighted by Gasteiger charge is -2.17. The van der Waals surface area contributed by atoms with Crippen LogP contribution in [0.25, 0.3) is 17.1 Å². The Hall–Kier alpha value is -3.91. The monoisotopic (exact) mass is 480 g/mol. The number of hydrogen-bond donors (Lipinski definition) is 5. The second kappa shape index (κ2) is 9.38. The van der Waals surface area contributed by atoms with Crippen LogP contribution in [0.5, 0.6) is 0 Å². The quantitative estimate of drug-likeness (QED) is 0.234. The van der Waals surface area contributed by atoms with Crippen LogP contribution in [0.1, 0.15) is 22.1 Å². The minimum absolute atomic E-state index is 0.150. The van der Waals surface area contributed by atoms with Gasteiger partial charge in [-0.15, -0.1) is 0 Å². The highest BCUT2D eigenvalue weighted by Crippen LogP contribution is 2.32. The topological polar surface area (TPSA) is 172 Å². The van der Waals surface area contributed by atoms with Crippen LogP contribution >= 0.6 is 0 Å². The van der Waals surface area contributed by atoms with Gasteiger partial charge in [0.15, 0.2) is 23.2 Å². The van der Waals surface area contributed by atoms with Crippen molar-refractivity contribution in [3.63, 3.8) is 0 Å². The van der Waals surface area contributed by atoms with E-state index in [2.05, 4.69) is 30.7 Å². The molecule has 1 fully saturated rings. The number of ether oxygens (including phenoxy) is 1. The zero-order chi connectivity index (χ0) is 24.5. The van der Waals surface area contributed by atoms with Crippen LogP contribution in [0, 0.1) is 0 Å². The molecule has 1 aromatic carbocycles. The van der Waals surface area contributed by atoms with Crippen molar-refractivity contribution in [1.82, 2.24) is 34.6 Å². The lowest BCUT2D eigenvalue weighted by molar-refractivity contribution is -0.0511. The predicted molar refractivity (Wildman–Crippen MR) is 123 cm³/mol. The van der Waals surface area contributed by atoms with Crippen LogP contribution in [0.3, 0.4) is 0 Å². The Balaban J connectivity index is 1.58. The van der Waals surface area contributed by atoms with Crippen molar-refractivity contribution in [3.8, 4) is 5.95 Å². The van der Waals surface area contributed by atoms with Crippen molar-refractivity contribution in [2.75, 3.05) is 19.0 Å². The highest BCUT2D eigenvalue weighted by atomic mass is 16.6. The molecule has 3 aromatic heterocycles. The normalized spacial score (nSPS) is 21.9. The molecule has 0 aliphatic carbocycles. The van der Waals surface area contributed by atoms with E-state index in [1.807, 2.05) is 30.3 Å². The smallest absolute Gasteiger partial charge is 0.254 e. The predicted octanol–water partition coefficient (Wildman–Crippen LogP) is -0.405. The first-order valence-corrected chi connectivity index (χ1v) is 10.9. The maximum absolute atomic E-state index is 12.0. The van der Waals surface area contributed by atoms with E-state index in [9.17, 15) is 20.1 Å². The molecule has 4 heterocycles. The van der Waals surface area contributed by atoms with Gasteiger partial charge in [0.2, 0.25) is 0 Å². The molecule has 0 spiro atoms. The molecule has 5 N–H and O–H groups in total. The van der Waals surface area contributed by atoms with E-state index < -0.39 is 31.1 Å². The molecule has 4 atom stereocenters. The molecule has 1 aliphatic heterocycles. The third-order valence-electron chi connectivity index (χ3n) is 5.78. The summed E-state index contributed by atoms with van der Waals surface area (Å²) in [7, 11) is 1.52. The second-order valence-corrected chi connectivity index (χ2v) is 8.02. The van der Waals surface area contributed by atoms with Crippen molar-refractivity contribution >= 4 is 22.9 Å². The average Bonchev–Trinajstić information content (AvgIpc) is 3.61. The van der Waals surface area contributed by atoms with Gasteiger partial charge in [-0.1, -0.05) is 30.3 Å². The number of nitrogens with one attached hydrogen (secondary N) is 2. The molecular formula is C22H24N8O5. The SMILES string of the molecule is CNC(=O)c1cnn(-c2nc(NCc3ccccc3)c3ncn([C@@H]4O[C@H](CO)[C@@H](O)[C@H]4O)c3n2)c1. The van der Waals surface area contributed by atoms with Gasteiger partial charge >= 0.3 is 0 Å². The maximum Gasteiger partial charge on any atom is 0.254 e. The number of rotatable bonds is 7. The molecule has 1 saturated heterocycles. The summed E-state index contributed by atoms with van der Waals surface area (Å²) < 4.78 is 8.50. The minimum Gasteiger partial charge on any atom is -0.394 e. The summed E-state index contributed by atoms with van der Waals surface area (Å²) in [6.07, 6.45) is -0.257. The Morgan fingerprint density at radius 1 is 1.17 bits per heavy atom. The van der Waals surface area contributed by atoms with E-state index in [1.54, 1.807) is 0 Å². The van der Waals surface area contributed by atoms with Gasteiger partial charge in [0.1, 0.15) is 18.3 Å². The number of aliphatic hydroxyl groups is 3. The van der Waals surface area contributed by atoms with Crippen LogP contribution < -0.4 is 10.6 Å². The zero-order valence-corrected chi connectivity index (χ0v) is 18.7. The summed E-state index contributed by atoms with van der Waals surface area (Å²) in [4.78, 5) is 25.5. The first-order chi connectivity index (χ1) is 17.0. The summed E-state index contributed by atoms with van der Waals surface area (Å²) in [5.41, 5.74) is 2.05. The van der Waals surface area contributed by atoms with Crippen molar-refractivity contribution in [1.29, 1.82) is 0 Å². The Morgan fingerprint density at radius 3 is 2.69 bits per heavy atom. The number of imidazole rings is 1. The van der Waals surface area contributed by atoms with Crippen molar-refractivity contribution in [3.05, 3.63) is 60.2 Å². The average molecular weight is 480 g/mol. The molecule has 1 aliphatic rings. The lowest BCUT2D eigenvalue weighted by Crippen LogP contribution is -2.33. The minimum atomic E-state index is -1.31. The van der Waals surface area contributed by atoms with Crippen molar-refractivity contribution in [2.24, 2.45) is 0 Å². The van der Waals surface area contributed by atoms with Gasteiger partial charge in [0.05, 0.1) is 24.7 Å². The fourth-order valence-electron chi connectivity index (χ4n) is 3.90. The van der Waals surface area contributed by atoms with Crippen LogP contribution in [0.2, 0.25) is 0 Å². The summed E-state index contributed by atoms with van der Waals surface area (Å²) in [6.45, 7) is -0.00324. The molecule has 0 radical (unpaired) electrons. The molecule has 13 heteroatoms. The molecule has 0 bridgehead atoms. The van der Waals surface area contributed by atoms with Crippen LogP contribution in [0.4, 0.5) is 5.82 Å². The van der Waals surface area contributed by atoms with Crippen LogP contribution in [-0.4, -0.2) is 82.5 Å². The number of carbonyl (C=O) groups excluding carboxylic acids is 1. The van der Waals surface area contributed by atoms with Gasteiger partial charge in [-0.2, -0.15) is 15.1 Å². The number of carbonyl (C=O) groups is 1. The largest absolute Gasteiger partial charge is 0.394 e. The summed E-state index contributed by atoms with van der Waals surface area (Å²) in [5, 5.41) is 40.2. The molecule has 0 unspecified atom stereocenters. The third-order valence-corrected chi connectivity index (χ3v) is 5.78. The fraction of sp³-hybridized carbons (Fsp3) is 0.318. The highest BCUT2D eigenvalue weighted by molar-refractivity contribution is 5.93. The highest BCUT2D eigenvalue weighted by Gasteiger charge is 2.44. The number of anilines is 1. The van der Waals surface area contributed by atoms with Gasteiger partial charge < -0.3 is 30.7 Å². The summed E-state index contributed by atoms with van der Waals surface area (Å²) in [5.74, 6) is 0.240. The molecule has 13 nitrogen and oxygen atoms in total. The first kappa shape index (κ1) is 22.9. The van der Waals surface area contributed by atoms with E-state index >= 15 is 0 Å². The van der Waals surface area contributed by atoms with Gasteiger partial charge in [-0.3, -0.25) is 9.36 Å². The number of aliphatic hydroxyl groups excluding tert-OH is 3. The van der Waals surface area contributed by atoms with Gasteiger partial charge in [0, 0.05) is 19.8 Å². The Kier molecular flexibility index (Phi) is 6.13. The van der Waals surface area contributed by atoms with E-state index in [4.69, 9.17) is 4.74 Å². The number of aromatic nitrogens is 6. The molecular weight excluding hydrogens is 456 g/mol. The van der Waals surface area contributed by atoms with Crippen molar-refractivity contribution < 1.29 is 24.9 Å². The van der Waals surface area contributed by atoms with Crippen LogP contribution in [-0.2, 0) is 11.3 Å². The summed E-state index contributed by atoms with van der Waals surface area (Å²) >= 11 is 0. The number of fused-ring (bicyclic) bond motifs is 1. The standard InChI is InChI=1S/C22H24N8O5/c1-23-20(34)13-8-26-30(9-13)22-27-18(24-7-12-5-3-2-4-6-12)15-19(28-22)29(11-25-15)21-17(33)16(32)14(10-31)35-21/h2-6,8-9,11,14,16-17,21,31-33H,7,10H2,1H3,(H,23,34)(H,24,27,28)/t14-,16-,17-,21-/m1/s1. The molecule has 35 heavy (non-hydrogen) atoms. The Morgan fingerprint density at radius 2 is 1.97 bits per heavy atom. The first-order valence-electron chi connectivity index (χ1n) is 10.9. The number of nitrogens with zero attached hydrogens (tertiary/aromatic N) is 6. The zero-order valence-electron chi connectivity index (χ0n) is 18.7. The van der Waals surface area contributed by atoms with Gasteiger partial charge in [0.25, 0.3) is 11.9 Å². The fourth-order valence-corrected chi connectivity index (χ4v) is 3.90. The number of benzene rings is 1. The molecule has 4 aromatic rings. The van der Waals surface area contributed by atoms with E-state index in [0.717, 1.165) is 5.56 Å². The van der Waals surface area contributed by atoms with E-state index in [-0.39, 0.29) is 11.9 Å².